The molecule has 0 N–H and O–H groups in total. The molecule has 0 aliphatic heterocycles. The van der Waals surface area contributed by atoms with Crippen molar-refractivity contribution in [3.8, 4) is 0 Å². The molecule has 0 aliphatic rings. The molecule has 0 aromatic heterocycles. The number of hydroxylamine groups is 1. The Morgan fingerprint density at radius 3 is 2.26 bits per heavy atom. The zero-order valence-corrected chi connectivity index (χ0v) is 17.5. The van der Waals surface area contributed by atoms with E-state index in [0.717, 1.165) is 5.06 Å². The molecule has 1 amide bonds. The standard InChI is InChI=1S/C22H16Cl2N2O5/c23-17-12-9-16(10-13-17)22(28)25(20-8-4-2-6-18(20)24)31-21(27)14-11-15-5-1-3-7-19(15)26(29)30/h1-10,12-13H,11,14H2. The van der Waals surface area contributed by atoms with E-state index < -0.39 is 16.8 Å². The fourth-order valence-corrected chi connectivity index (χ4v) is 3.15. The Labute approximate surface area is 187 Å². The van der Waals surface area contributed by atoms with Gasteiger partial charge >= 0.3 is 5.97 Å². The highest BCUT2D eigenvalue weighted by Gasteiger charge is 2.25. The molecule has 0 spiro atoms. The summed E-state index contributed by atoms with van der Waals surface area (Å²) >= 11 is 12.1. The normalized spacial score (nSPS) is 10.4. The molecule has 31 heavy (non-hydrogen) atoms. The number of nitrogens with zero attached hydrogens (tertiary/aromatic N) is 2. The maximum atomic E-state index is 13.0. The van der Waals surface area contributed by atoms with Gasteiger partial charge in [-0.1, -0.05) is 53.5 Å². The largest absolute Gasteiger partial charge is 0.333 e. The third kappa shape index (κ3) is 5.59. The highest BCUT2D eigenvalue weighted by molar-refractivity contribution is 6.34. The lowest BCUT2D eigenvalue weighted by Gasteiger charge is -2.22. The number of aryl methyl sites for hydroxylation is 1. The van der Waals surface area contributed by atoms with Gasteiger partial charge in [0.2, 0.25) is 0 Å². The summed E-state index contributed by atoms with van der Waals surface area (Å²) in [6.07, 6.45) is -0.110. The van der Waals surface area contributed by atoms with Crippen molar-refractivity contribution in [3.63, 3.8) is 0 Å². The first-order valence-corrected chi connectivity index (χ1v) is 9.90. The quantitative estimate of drug-likeness (QED) is 0.352. The maximum Gasteiger partial charge on any atom is 0.333 e. The topological polar surface area (TPSA) is 89.8 Å². The van der Waals surface area contributed by atoms with E-state index >= 15 is 0 Å². The van der Waals surface area contributed by atoms with Crippen molar-refractivity contribution in [3.05, 3.63) is 104 Å². The van der Waals surface area contributed by atoms with Crippen molar-refractivity contribution in [2.75, 3.05) is 5.06 Å². The summed E-state index contributed by atoms with van der Waals surface area (Å²) in [7, 11) is 0. The number of amides is 1. The second-order valence-corrected chi connectivity index (χ2v) is 7.25. The van der Waals surface area contributed by atoms with Crippen LogP contribution in [0.4, 0.5) is 11.4 Å². The van der Waals surface area contributed by atoms with Crippen LogP contribution in [0, 0.1) is 10.1 Å². The van der Waals surface area contributed by atoms with Crippen LogP contribution >= 0.6 is 23.2 Å². The van der Waals surface area contributed by atoms with Crippen LogP contribution in [-0.4, -0.2) is 16.8 Å². The Morgan fingerprint density at radius 2 is 1.58 bits per heavy atom. The van der Waals surface area contributed by atoms with Gasteiger partial charge in [-0.05, 0) is 42.8 Å². The van der Waals surface area contributed by atoms with E-state index in [1.54, 1.807) is 36.4 Å². The van der Waals surface area contributed by atoms with E-state index in [-0.39, 0.29) is 34.8 Å². The van der Waals surface area contributed by atoms with E-state index in [1.807, 2.05) is 0 Å². The minimum Gasteiger partial charge on any atom is -0.333 e. The van der Waals surface area contributed by atoms with E-state index in [0.29, 0.717) is 10.6 Å². The van der Waals surface area contributed by atoms with Crippen molar-refractivity contribution in [1.29, 1.82) is 0 Å². The molecule has 0 unspecified atom stereocenters. The number of nitro benzene ring substituents is 1. The first-order chi connectivity index (χ1) is 14.9. The fourth-order valence-electron chi connectivity index (χ4n) is 2.81. The monoisotopic (exact) mass is 458 g/mol. The van der Waals surface area contributed by atoms with Crippen LogP contribution in [0.1, 0.15) is 22.3 Å². The summed E-state index contributed by atoms with van der Waals surface area (Å²) < 4.78 is 0. The van der Waals surface area contributed by atoms with Crippen molar-refractivity contribution in [1.82, 2.24) is 0 Å². The van der Waals surface area contributed by atoms with Gasteiger partial charge < -0.3 is 4.84 Å². The number of anilines is 1. The third-order valence-corrected chi connectivity index (χ3v) is 4.90. The fraction of sp³-hybridized carbons (Fsp3) is 0.0909. The van der Waals surface area contributed by atoms with Crippen LogP contribution in [0.2, 0.25) is 10.0 Å². The molecule has 3 aromatic carbocycles. The third-order valence-electron chi connectivity index (χ3n) is 4.33. The number of hydrogen-bond acceptors (Lipinski definition) is 5. The van der Waals surface area contributed by atoms with Crippen molar-refractivity contribution in [2.24, 2.45) is 0 Å². The molecule has 3 aromatic rings. The highest BCUT2D eigenvalue weighted by Crippen LogP contribution is 2.28. The first-order valence-electron chi connectivity index (χ1n) is 9.14. The van der Waals surface area contributed by atoms with Crippen LogP contribution < -0.4 is 5.06 Å². The second-order valence-electron chi connectivity index (χ2n) is 6.41. The molecule has 0 aliphatic carbocycles. The molecular weight excluding hydrogens is 443 g/mol. The van der Waals surface area contributed by atoms with Crippen LogP contribution in [0.15, 0.2) is 72.8 Å². The predicted molar refractivity (Wildman–Crippen MR) is 117 cm³/mol. The molecule has 3 rings (SSSR count). The number of carbonyl (C=O) groups excluding carboxylic acids is 2. The zero-order chi connectivity index (χ0) is 22.4. The minimum absolute atomic E-state index is 0.0709. The van der Waals surface area contributed by atoms with E-state index in [4.69, 9.17) is 28.0 Å². The Kier molecular flexibility index (Phi) is 7.23. The van der Waals surface area contributed by atoms with E-state index in [1.165, 1.54) is 36.4 Å². The van der Waals surface area contributed by atoms with E-state index in [9.17, 15) is 19.7 Å². The highest BCUT2D eigenvalue weighted by atomic mass is 35.5. The van der Waals surface area contributed by atoms with Gasteiger partial charge in [-0.3, -0.25) is 14.9 Å². The first kappa shape index (κ1) is 22.3. The molecular formula is C22H16Cl2N2O5. The number of para-hydroxylation sites is 2. The Morgan fingerprint density at radius 1 is 0.935 bits per heavy atom. The summed E-state index contributed by atoms with van der Waals surface area (Å²) in [5, 5.41) is 12.6. The van der Waals surface area contributed by atoms with Crippen molar-refractivity contribution >= 4 is 46.5 Å². The summed E-state index contributed by atoms with van der Waals surface area (Å²) in [6.45, 7) is 0. The smallest absolute Gasteiger partial charge is 0.333 e. The van der Waals surface area contributed by atoms with Crippen molar-refractivity contribution in [2.45, 2.75) is 12.8 Å². The van der Waals surface area contributed by atoms with Gasteiger partial charge in [0.25, 0.3) is 11.6 Å². The van der Waals surface area contributed by atoms with Gasteiger partial charge in [0.15, 0.2) is 0 Å². The molecule has 0 saturated heterocycles. The lowest BCUT2D eigenvalue weighted by Crippen LogP contribution is -2.34. The van der Waals surface area contributed by atoms with Crippen LogP contribution in [0.3, 0.4) is 0 Å². The van der Waals surface area contributed by atoms with Crippen LogP contribution in [0.5, 0.6) is 0 Å². The number of rotatable bonds is 6. The lowest BCUT2D eigenvalue weighted by molar-refractivity contribution is -0.385. The molecule has 0 radical (unpaired) electrons. The molecule has 0 fully saturated rings. The number of benzene rings is 3. The molecule has 9 heteroatoms. The molecule has 0 bridgehead atoms. The number of halogens is 2. The molecule has 0 atom stereocenters. The van der Waals surface area contributed by atoms with Gasteiger partial charge in [0.05, 0.1) is 16.4 Å². The molecule has 158 valence electrons. The van der Waals surface area contributed by atoms with Crippen molar-refractivity contribution < 1.29 is 19.3 Å². The minimum atomic E-state index is -0.750. The van der Waals surface area contributed by atoms with E-state index in [2.05, 4.69) is 0 Å². The SMILES string of the molecule is O=C(CCc1ccccc1[N+](=O)[O-])ON(C(=O)c1ccc(Cl)cc1)c1ccccc1Cl. The number of hydrogen-bond donors (Lipinski definition) is 0. The van der Waals surface area contributed by atoms with Gasteiger partial charge in [0, 0.05) is 22.2 Å². The van der Waals surface area contributed by atoms with Crippen LogP contribution in [0.25, 0.3) is 0 Å². The average Bonchev–Trinajstić information content (AvgIpc) is 2.77. The lowest BCUT2D eigenvalue weighted by atomic mass is 10.1. The Bertz CT molecular complexity index is 1120. The predicted octanol–water partition coefficient (Wildman–Crippen LogP) is 5.64. The second kappa shape index (κ2) is 10.1. The zero-order valence-electron chi connectivity index (χ0n) is 16.0. The number of carbonyl (C=O) groups is 2. The molecule has 7 nitrogen and oxygen atoms in total. The summed E-state index contributed by atoms with van der Waals surface area (Å²) in [4.78, 5) is 41.5. The van der Waals surface area contributed by atoms with Gasteiger partial charge in [0.1, 0.15) is 5.69 Å². The summed E-state index contributed by atoms with van der Waals surface area (Å²) in [5.74, 6) is -1.37. The van der Waals surface area contributed by atoms with Gasteiger partial charge in [-0.15, -0.1) is 5.06 Å². The number of nitro groups is 1. The summed E-state index contributed by atoms with van der Waals surface area (Å²) in [6, 6.07) is 18.6. The average molecular weight is 459 g/mol. The molecule has 0 saturated carbocycles. The Balaban J connectivity index is 1.81. The summed E-state index contributed by atoms with van der Waals surface area (Å²) in [5.41, 5.74) is 0.715. The van der Waals surface area contributed by atoms with Gasteiger partial charge in [-0.2, -0.15) is 0 Å². The van der Waals surface area contributed by atoms with Crippen LogP contribution in [-0.2, 0) is 16.1 Å². The maximum absolute atomic E-state index is 13.0. The Hall–Kier alpha value is -3.42. The molecule has 0 heterocycles. The van der Waals surface area contributed by atoms with Gasteiger partial charge in [-0.25, -0.2) is 4.79 Å².